The molecule has 7 heteroatoms. The van der Waals surface area contributed by atoms with Crippen LogP contribution in [0.5, 0.6) is 0 Å². The molecule has 0 fully saturated rings. The maximum atomic E-state index is 9.57. The Kier molecular flexibility index (Phi) is 21.0. The van der Waals surface area contributed by atoms with Gasteiger partial charge in [0.05, 0.1) is 13.2 Å². The van der Waals surface area contributed by atoms with Crippen molar-refractivity contribution in [2.75, 3.05) is 27.4 Å². The summed E-state index contributed by atoms with van der Waals surface area (Å²) >= 11 is 0. The summed E-state index contributed by atoms with van der Waals surface area (Å²) in [5.74, 6) is -2.14. The molecule has 15 heavy (non-hydrogen) atoms. The molecular formula is C8H14FeO6. The quantitative estimate of drug-likeness (QED) is 0.492. The molecule has 0 aliphatic rings. The van der Waals surface area contributed by atoms with E-state index in [1.807, 2.05) is 0 Å². The predicted octanol–water partition coefficient (Wildman–Crippen LogP) is -2.46. The molecule has 6 nitrogen and oxygen atoms in total. The van der Waals surface area contributed by atoms with Crippen LogP contribution in [-0.2, 0) is 36.1 Å². The van der Waals surface area contributed by atoms with Gasteiger partial charge in [0.25, 0.3) is 0 Å². The SMILES string of the molecule is COCCC(=O)[O-].COCCC(=O)[O-].[Fe+2]. The van der Waals surface area contributed by atoms with E-state index in [-0.39, 0.29) is 43.1 Å². The summed E-state index contributed by atoms with van der Waals surface area (Å²) < 4.78 is 8.86. The van der Waals surface area contributed by atoms with E-state index in [1.165, 1.54) is 14.2 Å². The van der Waals surface area contributed by atoms with Crippen LogP contribution in [0.1, 0.15) is 12.8 Å². The number of hydrogen-bond acceptors (Lipinski definition) is 6. The molecule has 0 aliphatic carbocycles. The van der Waals surface area contributed by atoms with Crippen molar-refractivity contribution in [1.29, 1.82) is 0 Å². The Bertz CT molecular complexity index is 143. The average molecular weight is 262 g/mol. The molecule has 0 unspecified atom stereocenters. The number of carboxylic acids is 2. The van der Waals surface area contributed by atoms with Crippen LogP contribution in [0.25, 0.3) is 0 Å². The van der Waals surface area contributed by atoms with E-state index >= 15 is 0 Å². The van der Waals surface area contributed by atoms with E-state index in [0.29, 0.717) is 0 Å². The third kappa shape index (κ3) is 31.8. The molecule has 0 N–H and O–H groups in total. The van der Waals surface area contributed by atoms with Crippen LogP contribution in [-0.4, -0.2) is 39.4 Å². The minimum absolute atomic E-state index is 0. The van der Waals surface area contributed by atoms with Crippen molar-refractivity contribution in [3.8, 4) is 0 Å². The first-order valence-corrected chi connectivity index (χ1v) is 3.92. The summed E-state index contributed by atoms with van der Waals surface area (Å²) in [7, 11) is 2.89. The van der Waals surface area contributed by atoms with E-state index in [4.69, 9.17) is 0 Å². The van der Waals surface area contributed by atoms with E-state index < -0.39 is 11.9 Å². The molecule has 0 heterocycles. The van der Waals surface area contributed by atoms with Crippen molar-refractivity contribution in [2.24, 2.45) is 0 Å². The molecule has 0 aliphatic heterocycles. The van der Waals surface area contributed by atoms with Crippen molar-refractivity contribution in [2.45, 2.75) is 12.8 Å². The minimum Gasteiger partial charge on any atom is -0.550 e. The topological polar surface area (TPSA) is 98.7 Å². The molecule has 0 rings (SSSR count). The Morgan fingerprint density at radius 1 is 0.933 bits per heavy atom. The van der Waals surface area contributed by atoms with Crippen LogP contribution in [0, 0.1) is 0 Å². The van der Waals surface area contributed by atoms with Gasteiger partial charge in [-0.2, -0.15) is 0 Å². The zero-order valence-corrected chi connectivity index (χ0v) is 9.74. The standard InChI is InChI=1S/2C4H8O3.Fe/c2*1-7-3-2-4(5)6;/h2*2-3H2,1H3,(H,5,6);/q;;+2/p-2. The molecule has 0 atom stereocenters. The van der Waals surface area contributed by atoms with Gasteiger partial charge in [-0.25, -0.2) is 0 Å². The summed E-state index contributed by atoms with van der Waals surface area (Å²) in [4.78, 5) is 19.1. The fraction of sp³-hybridized carbons (Fsp3) is 0.750. The summed E-state index contributed by atoms with van der Waals surface area (Å²) in [6.45, 7) is 0.477. The second-order valence-corrected chi connectivity index (χ2v) is 2.23. The van der Waals surface area contributed by atoms with Crippen LogP contribution in [0.4, 0.5) is 0 Å². The van der Waals surface area contributed by atoms with Crippen LogP contribution < -0.4 is 10.2 Å². The maximum Gasteiger partial charge on any atom is 2.00 e. The molecule has 0 aromatic carbocycles. The Labute approximate surface area is 99.0 Å². The number of carbonyl (C=O) groups is 2. The normalized spacial score (nSPS) is 8.13. The number of methoxy groups -OCH3 is 2. The smallest absolute Gasteiger partial charge is 0.550 e. The van der Waals surface area contributed by atoms with E-state index in [1.54, 1.807) is 0 Å². The Morgan fingerprint density at radius 2 is 1.20 bits per heavy atom. The van der Waals surface area contributed by atoms with Crippen LogP contribution in [0.3, 0.4) is 0 Å². The van der Waals surface area contributed by atoms with Gasteiger partial charge >= 0.3 is 17.1 Å². The third-order valence-electron chi connectivity index (χ3n) is 1.02. The fourth-order valence-electron chi connectivity index (χ4n) is 0.371. The van der Waals surface area contributed by atoms with Crippen molar-refractivity contribution in [1.82, 2.24) is 0 Å². The number of rotatable bonds is 6. The third-order valence-corrected chi connectivity index (χ3v) is 1.02. The molecule has 90 valence electrons. The van der Waals surface area contributed by atoms with Gasteiger partial charge in [-0.05, 0) is 0 Å². The molecular weight excluding hydrogens is 248 g/mol. The minimum atomic E-state index is -1.07. The first-order chi connectivity index (χ1) is 6.54. The number of hydrogen-bond donors (Lipinski definition) is 0. The van der Waals surface area contributed by atoms with Gasteiger partial charge in [0, 0.05) is 39.0 Å². The van der Waals surface area contributed by atoms with Crippen molar-refractivity contribution < 1.29 is 46.3 Å². The van der Waals surface area contributed by atoms with Gasteiger partial charge in [-0.3, -0.25) is 0 Å². The Morgan fingerprint density at radius 3 is 1.27 bits per heavy atom. The molecule has 0 saturated heterocycles. The van der Waals surface area contributed by atoms with Crippen LogP contribution in [0.2, 0.25) is 0 Å². The van der Waals surface area contributed by atoms with E-state index in [0.717, 1.165) is 0 Å². The zero-order valence-electron chi connectivity index (χ0n) is 8.63. The van der Waals surface area contributed by atoms with Crippen LogP contribution >= 0.6 is 0 Å². The average Bonchev–Trinajstić information content (AvgIpc) is 2.12. The maximum absolute atomic E-state index is 9.57. The number of carbonyl (C=O) groups excluding carboxylic acids is 2. The fourth-order valence-corrected chi connectivity index (χ4v) is 0.371. The van der Waals surface area contributed by atoms with Crippen LogP contribution in [0.15, 0.2) is 0 Å². The summed E-state index contributed by atoms with van der Waals surface area (Å²) in [5.41, 5.74) is 0. The molecule has 0 bridgehead atoms. The molecule has 0 saturated carbocycles. The number of aliphatic carboxylic acids is 2. The van der Waals surface area contributed by atoms with E-state index in [2.05, 4.69) is 9.47 Å². The first kappa shape index (κ1) is 19.9. The predicted molar refractivity (Wildman–Crippen MR) is 43.0 cm³/mol. The Hall–Kier alpha value is -0.621. The van der Waals surface area contributed by atoms with Gasteiger partial charge in [-0.15, -0.1) is 0 Å². The zero-order chi connectivity index (χ0) is 11.4. The summed E-state index contributed by atoms with van der Waals surface area (Å²) in [6.07, 6.45) is -0.0347. The van der Waals surface area contributed by atoms with Gasteiger partial charge < -0.3 is 29.3 Å². The van der Waals surface area contributed by atoms with Gasteiger partial charge in [0.1, 0.15) is 0 Å². The Balaban J connectivity index is -0.000000180. The summed E-state index contributed by atoms with van der Waals surface area (Å²) in [5, 5.41) is 19.1. The second-order valence-electron chi connectivity index (χ2n) is 2.23. The molecule has 0 spiro atoms. The van der Waals surface area contributed by atoms with Crippen molar-refractivity contribution in [3.05, 3.63) is 0 Å². The first-order valence-electron chi connectivity index (χ1n) is 3.92. The molecule has 0 amide bonds. The van der Waals surface area contributed by atoms with Gasteiger partial charge in [-0.1, -0.05) is 0 Å². The second kappa shape index (κ2) is 15.8. The van der Waals surface area contributed by atoms with E-state index in [9.17, 15) is 19.8 Å². The molecule has 0 aromatic rings. The number of carboxylic acid groups (broad SMARTS) is 2. The van der Waals surface area contributed by atoms with Crippen molar-refractivity contribution >= 4 is 11.9 Å². The largest absolute Gasteiger partial charge is 2.00 e. The molecule has 0 aromatic heterocycles. The van der Waals surface area contributed by atoms with Crippen molar-refractivity contribution in [3.63, 3.8) is 0 Å². The molecule has 0 radical (unpaired) electrons. The van der Waals surface area contributed by atoms with Gasteiger partial charge in [0.15, 0.2) is 0 Å². The summed E-state index contributed by atoms with van der Waals surface area (Å²) in [6, 6.07) is 0. The monoisotopic (exact) mass is 262 g/mol. The number of ether oxygens (including phenoxy) is 2. The van der Waals surface area contributed by atoms with Gasteiger partial charge in [0.2, 0.25) is 0 Å².